The Morgan fingerprint density at radius 3 is 2.21 bits per heavy atom. The second kappa shape index (κ2) is 15.9. The lowest BCUT2D eigenvalue weighted by Gasteiger charge is -2.25. The molecule has 5 rings (SSSR count). The quantitative estimate of drug-likeness (QED) is 0.0652. The molecule has 17 heteroatoms. The van der Waals surface area contributed by atoms with Gasteiger partial charge in [-0.1, -0.05) is 49.2 Å². The molecule has 0 aliphatic heterocycles. The molecule has 1 aliphatic rings. The Labute approximate surface area is 308 Å². The van der Waals surface area contributed by atoms with E-state index in [9.17, 15) is 27.6 Å². The van der Waals surface area contributed by atoms with E-state index >= 15 is 0 Å². The van der Waals surface area contributed by atoms with Crippen LogP contribution in [0.25, 0.3) is 0 Å². The van der Waals surface area contributed by atoms with Crippen molar-refractivity contribution in [2.45, 2.75) is 45.3 Å². The van der Waals surface area contributed by atoms with Gasteiger partial charge in [-0.25, -0.2) is 0 Å². The topological polar surface area (TPSA) is 183 Å². The Kier molecular flexibility index (Phi) is 11.5. The van der Waals surface area contributed by atoms with Gasteiger partial charge in [0.1, 0.15) is 0 Å². The first-order valence-corrected chi connectivity index (χ1v) is 16.8. The summed E-state index contributed by atoms with van der Waals surface area (Å²) in [6.45, 7) is 4.09. The van der Waals surface area contributed by atoms with Gasteiger partial charge in [0.25, 0.3) is 5.91 Å². The molecule has 1 aliphatic carbocycles. The van der Waals surface area contributed by atoms with Gasteiger partial charge in [-0.3, -0.25) is 14.4 Å². The molecule has 278 valence electrons. The molecule has 1 fully saturated rings. The highest BCUT2D eigenvalue weighted by Crippen LogP contribution is 2.48. The van der Waals surface area contributed by atoms with E-state index in [1.807, 2.05) is 19.1 Å². The molecule has 1 aromatic heterocycles. The van der Waals surface area contributed by atoms with E-state index in [2.05, 4.69) is 41.5 Å². The number of anilines is 4. The third-order valence-electron chi connectivity index (χ3n) is 8.15. The summed E-state index contributed by atoms with van der Waals surface area (Å²) >= 11 is 6.03. The zero-order valence-electron chi connectivity index (χ0n) is 29.0. The molecule has 6 N–H and O–H groups in total. The maximum absolute atomic E-state index is 13.0. The monoisotopic (exact) mass is 751 g/mol. The molecule has 0 radical (unpaired) electrons. The predicted octanol–water partition coefficient (Wildman–Crippen LogP) is 6.13. The fourth-order valence-corrected chi connectivity index (χ4v) is 5.21. The van der Waals surface area contributed by atoms with Crippen molar-refractivity contribution in [2.24, 2.45) is 5.41 Å². The fourth-order valence-electron chi connectivity index (χ4n) is 5.09. The molecule has 0 spiro atoms. The normalized spacial score (nSPS) is 13.3. The van der Waals surface area contributed by atoms with Gasteiger partial charge in [-0.05, 0) is 79.3 Å². The summed E-state index contributed by atoms with van der Waals surface area (Å²) in [7, 11) is 0. The number of nitrogens with one attached hydrogen (secondary N) is 6. The Morgan fingerprint density at radius 1 is 0.906 bits per heavy atom. The third kappa shape index (κ3) is 10.9. The minimum Gasteiger partial charge on any atom is -0.454 e. The van der Waals surface area contributed by atoms with Gasteiger partial charge in [-0.2, -0.15) is 28.1 Å². The molecule has 0 atom stereocenters. The van der Waals surface area contributed by atoms with E-state index in [1.54, 1.807) is 56.3 Å². The van der Waals surface area contributed by atoms with Crippen LogP contribution < -0.4 is 31.3 Å². The molecule has 0 saturated heterocycles. The SMILES string of the molecule is Cc1ccc(NC(=O)C(=O)NCC(C)(C)CNC(=O)c2ccc(Nc3nc(NC4(c5ccc(Cl)cc5)CC4)nc(OCC(F)(F)F)n3)cc2)c(C=N)c1. The third-order valence-corrected chi connectivity index (χ3v) is 8.40. The number of hydrogen-bond acceptors (Lipinski definition) is 10. The van der Waals surface area contributed by atoms with Crippen LogP contribution in [0.2, 0.25) is 5.02 Å². The number of hydrogen-bond donors (Lipinski definition) is 6. The van der Waals surface area contributed by atoms with E-state index in [1.165, 1.54) is 12.1 Å². The van der Waals surface area contributed by atoms with Crippen molar-refractivity contribution in [3.8, 4) is 6.01 Å². The lowest BCUT2D eigenvalue weighted by atomic mass is 9.93. The van der Waals surface area contributed by atoms with Crippen molar-refractivity contribution >= 4 is 58.8 Å². The van der Waals surface area contributed by atoms with Crippen molar-refractivity contribution in [1.29, 1.82) is 5.41 Å². The van der Waals surface area contributed by atoms with E-state index < -0.39 is 47.5 Å². The summed E-state index contributed by atoms with van der Waals surface area (Å²) < 4.78 is 43.7. The number of carbonyl (C=O) groups is 3. The molecular formula is C36H37ClF3N9O4. The van der Waals surface area contributed by atoms with E-state index in [4.69, 9.17) is 21.7 Å². The summed E-state index contributed by atoms with van der Waals surface area (Å²) in [5.41, 5.74) is 2.19. The molecule has 3 aromatic carbocycles. The summed E-state index contributed by atoms with van der Waals surface area (Å²) in [5, 5.41) is 22.1. The number of aryl methyl sites for hydroxylation is 1. The molecule has 13 nitrogen and oxygen atoms in total. The number of rotatable bonds is 14. The van der Waals surface area contributed by atoms with Gasteiger partial charge in [0.2, 0.25) is 11.9 Å². The molecule has 4 aromatic rings. The average molecular weight is 752 g/mol. The van der Waals surface area contributed by atoms with Crippen LogP contribution in [0.1, 0.15) is 53.7 Å². The Morgan fingerprint density at radius 2 is 1.57 bits per heavy atom. The molecular weight excluding hydrogens is 715 g/mol. The number of carbonyl (C=O) groups excluding carboxylic acids is 3. The summed E-state index contributed by atoms with van der Waals surface area (Å²) in [6.07, 6.45) is -2.06. The molecule has 0 bridgehead atoms. The number of aromatic nitrogens is 3. The van der Waals surface area contributed by atoms with Crippen molar-refractivity contribution in [1.82, 2.24) is 25.6 Å². The van der Waals surface area contributed by atoms with E-state index in [-0.39, 0.29) is 25.0 Å². The first-order valence-electron chi connectivity index (χ1n) is 16.4. The Hall–Kier alpha value is -5.77. The maximum atomic E-state index is 13.0. The highest BCUT2D eigenvalue weighted by atomic mass is 35.5. The van der Waals surface area contributed by atoms with Gasteiger partial charge in [0, 0.05) is 46.8 Å². The van der Waals surface area contributed by atoms with Crippen LogP contribution in [0.5, 0.6) is 6.01 Å². The fraction of sp³-hybridized carbons (Fsp3) is 0.306. The molecule has 3 amide bonds. The van der Waals surface area contributed by atoms with Crippen molar-refractivity contribution in [3.05, 3.63) is 94.0 Å². The highest BCUT2D eigenvalue weighted by molar-refractivity contribution is 6.39. The minimum absolute atomic E-state index is 0.00533. The van der Waals surface area contributed by atoms with Crippen LogP contribution in [0.3, 0.4) is 0 Å². The predicted molar refractivity (Wildman–Crippen MR) is 194 cm³/mol. The second-order valence-electron chi connectivity index (χ2n) is 13.3. The Balaban J connectivity index is 1.17. The lowest BCUT2D eigenvalue weighted by molar-refractivity contribution is -0.154. The van der Waals surface area contributed by atoms with Crippen molar-refractivity contribution in [2.75, 3.05) is 35.6 Å². The van der Waals surface area contributed by atoms with Crippen LogP contribution in [0.15, 0.2) is 66.7 Å². The van der Waals surface area contributed by atoms with Crippen LogP contribution in [0.4, 0.5) is 36.4 Å². The highest BCUT2D eigenvalue weighted by Gasteiger charge is 2.45. The number of halogens is 4. The van der Waals surface area contributed by atoms with Crippen LogP contribution in [0, 0.1) is 17.7 Å². The number of amides is 3. The maximum Gasteiger partial charge on any atom is 0.422 e. The number of nitrogens with zero attached hydrogens (tertiary/aromatic N) is 3. The van der Waals surface area contributed by atoms with Crippen molar-refractivity contribution < 1.29 is 32.3 Å². The minimum atomic E-state index is -4.61. The smallest absolute Gasteiger partial charge is 0.422 e. The zero-order chi connectivity index (χ0) is 38.4. The van der Waals surface area contributed by atoms with E-state index in [0.29, 0.717) is 27.5 Å². The summed E-state index contributed by atoms with van der Waals surface area (Å²) in [4.78, 5) is 50.3. The number of alkyl halides is 3. The summed E-state index contributed by atoms with van der Waals surface area (Å²) in [5.74, 6) is -2.23. The molecule has 53 heavy (non-hydrogen) atoms. The van der Waals surface area contributed by atoms with Crippen molar-refractivity contribution in [3.63, 3.8) is 0 Å². The summed E-state index contributed by atoms with van der Waals surface area (Å²) in [6, 6.07) is 17.9. The zero-order valence-corrected chi connectivity index (χ0v) is 29.7. The van der Waals surface area contributed by atoms with E-state index in [0.717, 1.165) is 30.2 Å². The molecule has 1 saturated carbocycles. The average Bonchev–Trinajstić information content (AvgIpc) is 3.89. The molecule has 1 heterocycles. The van der Waals surface area contributed by atoms with Crippen LogP contribution >= 0.6 is 11.6 Å². The molecule has 0 unspecified atom stereocenters. The standard InChI is InChI=1S/C36H37ClF3N9O4/c1-21-4-13-27(23(16-21)17-41)45-30(52)29(51)43-19-34(2,3)18-42-28(50)22-5-11-26(12-6-22)44-31-46-32(48-33(47-31)53-20-36(38,39)40)49-35(14-15-35)24-7-9-25(37)10-8-24/h4-13,16-17,41H,14-15,18-20H2,1-3H3,(H,42,50)(H,43,51)(H,45,52)(H2,44,46,47,48,49). The number of ether oxygens (including phenoxy) is 1. The van der Waals surface area contributed by atoms with Gasteiger partial charge >= 0.3 is 24.0 Å². The number of benzene rings is 3. The lowest BCUT2D eigenvalue weighted by Crippen LogP contribution is -2.45. The van der Waals surface area contributed by atoms with Crippen LogP contribution in [-0.4, -0.2) is 64.8 Å². The second-order valence-corrected chi connectivity index (χ2v) is 13.7. The first kappa shape index (κ1) is 38.5. The first-order chi connectivity index (χ1) is 25.0. The van der Waals surface area contributed by atoms with Gasteiger partial charge in [0.15, 0.2) is 6.61 Å². The Bertz CT molecular complexity index is 1990. The van der Waals surface area contributed by atoms with Crippen LogP contribution in [-0.2, 0) is 15.1 Å². The van der Waals surface area contributed by atoms with Gasteiger partial charge < -0.3 is 36.7 Å². The largest absolute Gasteiger partial charge is 0.454 e. The van der Waals surface area contributed by atoms with Gasteiger partial charge in [-0.15, -0.1) is 0 Å². The van der Waals surface area contributed by atoms with Gasteiger partial charge in [0.05, 0.1) is 5.54 Å².